The standard InChI is InChI=1S/C13H14N6/c1-2-3-10-11-8(6-16-12(11)18-7-17-10)9-4-5-15-13(14)19-9/h4-7H,2-3H2,1H3,(H2,14,15,19)(H,16,17,18). The van der Waals surface area contributed by atoms with Crippen LogP contribution in [-0.2, 0) is 6.42 Å². The minimum Gasteiger partial charge on any atom is -0.368 e. The second kappa shape index (κ2) is 4.64. The molecule has 6 heteroatoms. The van der Waals surface area contributed by atoms with E-state index in [0.29, 0.717) is 0 Å². The van der Waals surface area contributed by atoms with Crippen LogP contribution in [0.5, 0.6) is 0 Å². The number of hydrogen-bond donors (Lipinski definition) is 2. The zero-order valence-electron chi connectivity index (χ0n) is 10.6. The Balaban J connectivity index is 2.24. The summed E-state index contributed by atoms with van der Waals surface area (Å²) < 4.78 is 0. The number of fused-ring (bicyclic) bond motifs is 1. The Morgan fingerprint density at radius 3 is 2.95 bits per heavy atom. The molecule has 0 radical (unpaired) electrons. The van der Waals surface area contributed by atoms with Gasteiger partial charge in [-0.1, -0.05) is 13.3 Å². The maximum atomic E-state index is 5.64. The van der Waals surface area contributed by atoms with E-state index in [1.165, 1.54) is 0 Å². The van der Waals surface area contributed by atoms with Crippen LogP contribution in [0.25, 0.3) is 22.3 Å². The number of nitrogens with zero attached hydrogens (tertiary/aromatic N) is 4. The molecular weight excluding hydrogens is 240 g/mol. The number of hydrogen-bond acceptors (Lipinski definition) is 5. The van der Waals surface area contributed by atoms with E-state index in [1.807, 2.05) is 12.3 Å². The highest BCUT2D eigenvalue weighted by Gasteiger charge is 2.13. The number of aromatic nitrogens is 5. The number of H-pyrrole nitrogens is 1. The maximum Gasteiger partial charge on any atom is 0.220 e. The van der Waals surface area contributed by atoms with E-state index in [0.717, 1.165) is 40.8 Å². The molecule has 0 bridgehead atoms. The van der Waals surface area contributed by atoms with Crippen molar-refractivity contribution in [1.82, 2.24) is 24.9 Å². The van der Waals surface area contributed by atoms with Crippen LogP contribution in [0.4, 0.5) is 5.95 Å². The van der Waals surface area contributed by atoms with Crippen molar-refractivity contribution in [1.29, 1.82) is 0 Å². The molecule has 0 fully saturated rings. The summed E-state index contributed by atoms with van der Waals surface area (Å²) >= 11 is 0. The van der Waals surface area contributed by atoms with E-state index in [2.05, 4.69) is 31.8 Å². The van der Waals surface area contributed by atoms with Gasteiger partial charge in [0, 0.05) is 23.3 Å². The van der Waals surface area contributed by atoms with Gasteiger partial charge in [-0.15, -0.1) is 0 Å². The number of nitrogens with one attached hydrogen (secondary N) is 1. The van der Waals surface area contributed by atoms with E-state index in [9.17, 15) is 0 Å². The Morgan fingerprint density at radius 1 is 1.26 bits per heavy atom. The molecule has 3 aromatic rings. The van der Waals surface area contributed by atoms with Crippen LogP contribution in [0.2, 0.25) is 0 Å². The summed E-state index contributed by atoms with van der Waals surface area (Å²) in [5, 5.41) is 1.02. The van der Waals surface area contributed by atoms with Crippen molar-refractivity contribution in [3.63, 3.8) is 0 Å². The number of nitrogen functional groups attached to an aromatic ring is 1. The first-order chi connectivity index (χ1) is 9.29. The molecule has 3 heterocycles. The Bertz CT molecular complexity index is 718. The molecule has 0 aromatic carbocycles. The van der Waals surface area contributed by atoms with E-state index in [-0.39, 0.29) is 5.95 Å². The summed E-state index contributed by atoms with van der Waals surface area (Å²) in [6.07, 6.45) is 7.06. The SMILES string of the molecule is CCCc1ncnc2[nH]cc(-c3ccnc(N)n3)c12. The molecule has 0 aliphatic carbocycles. The molecule has 3 aromatic heterocycles. The first-order valence-electron chi connectivity index (χ1n) is 6.19. The Labute approximate surface area is 110 Å². The summed E-state index contributed by atoms with van der Waals surface area (Å²) in [5.74, 6) is 0.265. The fraction of sp³-hybridized carbons (Fsp3) is 0.231. The molecule has 0 spiro atoms. The number of rotatable bonds is 3. The average Bonchev–Trinajstić information content (AvgIpc) is 2.84. The molecule has 0 saturated carbocycles. The smallest absolute Gasteiger partial charge is 0.220 e. The fourth-order valence-electron chi connectivity index (χ4n) is 2.18. The van der Waals surface area contributed by atoms with E-state index < -0.39 is 0 Å². The lowest BCUT2D eigenvalue weighted by molar-refractivity contribution is 0.886. The average molecular weight is 254 g/mol. The number of aromatic amines is 1. The van der Waals surface area contributed by atoms with Gasteiger partial charge in [0.05, 0.1) is 11.4 Å². The van der Waals surface area contributed by atoms with E-state index in [1.54, 1.807) is 12.5 Å². The third kappa shape index (κ3) is 2.01. The molecule has 3 N–H and O–H groups in total. The largest absolute Gasteiger partial charge is 0.368 e. The normalized spacial score (nSPS) is 11.0. The highest BCUT2D eigenvalue weighted by molar-refractivity contribution is 5.94. The van der Waals surface area contributed by atoms with Gasteiger partial charge in [0.1, 0.15) is 12.0 Å². The quantitative estimate of drug-likeness (QED) is 0.745. The zero-order chi connectivity index (χ0) is 13.2. The van der Waals surface area contributed by atoms with Crippen LogP contribution in [0, 0.1) is 0 Å². The molecule has 0 aliphatic heterocycles. The van der Waals surface area contributed by atoms with Crippen molar-refractivity contribution < 1.29 is 0 Å². The van der Waals surface area contributed by atoms with Crippen molar-refractivity contribution in [2.75, 3.05) is 5.73 Å². The number of nitrogens with two attached hydrogens (primary N) is 1. The van der Waals surface area contributed by atoms with Gasteiger partial charge < -0.3 is 10.7 Å². The molecule has 6 nitrogen and oxygen atoms in total. The van der Waals surface area contributed by atoms with Crippen molar-refractivity contribution in [2.24, 2.45) is 0 Å². The van der Waals surface area contributed by atoms with Crippen LogP contribution in [0.1, 0.15) is 19.0 Å². The molecular formula is C13H14N6. The summed E-state index contributed by atoms with van der Waals surface area (Å²) in [4.78, 5) is 19.9. The second-order valence-electron chi connectivity index (χ2n) is 4.30. The molecule has 19 heavy (non-hydrogen) atoms. The van der Waals surface area contributed by atoms with Crippen LogP contribution in [0.15, 0.2) is 24.8 Å². The van der Waals surface area contributed by atoms with Crippen molar-refractivity contribution in [2.45, 2.75) is 19.8 Å². The highest BCUT2D eigenvalue weighted by atomic mass is 15.0. The van der Waals surface area contributed by atoms with E-state index in [4.69, 9.17) is 5.73 Å². The first kappa shape index (κ1) is 11.6. The molecule has 0 amide bonds. The molecule has 0 aliphatic rings. The highest BCUT2D eigenvalue weighted by Crippen LogP contribution is 2.28. The van der Waals surface area contributed by atoms with Crippen LogP contribution >= 0.6 is 0 Å². The Morgan fingerprint density at radius 2 is 2.16 bits per heavy atom. The fourth-order valence-corrected chi connectivity index (χ4v) is 2.18. The first-order valence-corrected chi connectivity index (χ1v) is 6.19. The van der Waals surface area contributed by atoms with Gasteiger partial charge in [-0.2, -0.15) is 0 Å². The monoisotopic (exact) mass is 254 g/mol. The van der Waals surface area contributed by atoms with Gasteiger partial charge >= 0.3 is 0 Å². The van der Waals surface area contributed by atoms with Gasteiger partial charge in [-0.3, -0.25) is 0 Å². The number of aryl methyl sites for hydroxylation is 1. The lowest BCUT2D eigenvalue weighted by atomic mass is 10.1. The summed E-state index contributed by atoms with van der Waals surface area (Å²) in [5.41, 5.74) is 9.24. The minimum atomic E-state index is 0.265. The molecule has 0 saturated heterocycles. The van der Waals surface area contributed by atoms with Crippen LogP contribution < -0.4 is 5.73 Å². The van der Waals surface area contributed by atoms with Crippen molar-refractivity contribution >= 4 is 17.0 Å². The maximum absolute atomic E-state index is 5.64. The molecule has 0 unspecified atom stereocenters. The molecule has 3 rings (SSSR count). The molecule has 96 valence electrons. The van der Waals surface area contributed by atoms with Crippen molar-refractivity contribution in [3.8, 4) is 11.3 Å². The van der Waals surface area contributed by atoms with Crippen LogP contribution in [0.3, 0.4) is 0 Å². The zero-order valence-corrected chi connectivity index (χ0v) is 10.6. The van der Waals surface area contributed by atoms with Gasteiger partial charge in [0.25, 0.3) is 0 Å². The number of anilines is 1. The predicted octanol–water partition coefficient (Wildman–Crippen LogP) is 1.95. The summed E-state index contributed by atoms with van der Waals surface area (Å²) in [6, 6.07) is 1.84. The summed E-state index contributed by atoms with van der Waals surface area (Å²) in [6.45, 7) is 2.13. The predicted molar refractivity (Wildman–Crippen MR) is 73.3 cm³/mol. The van der Waals surface area contributed by atoms with Crippen molar-refractivity contribution in [3.05, 3.63) is 30.5 Å². The van der Waals surface area contributed by atoms with Gasteiger partial charge in [0.2, 0.25) is 5.95 Å². The van der Waals surface area contributed by atoms with Crippen LogP contribution in [-0.4, -0.2) is 24.9 Å². The summed E-state index contributed by atoms with van der Waals surface area (Å²) in [7, 11) is 0. The third-order valence-corrected chi connectivity index (χ3v) is 2.99. The van der Waals surface area contributed by atoms with E-state index >= 15 is 0 Å². The van der Waals surface area contributed by atoms with Gasteiger partial charge in [-0.05, 0) is 12.5 Å². The Kier molecular flexibility index (Phi) is 2.83. The lowest BCUT2D eigenvalue weighted by Crippen LogP contribution is -1.96. The van der Waals surface area contributed by atoms with Gasteiger partial charge in [-0.25, -0.2) is 19.9 Å². The lowest BCUT2D eigenvalue weighted by Gasteiger charge is -2.03. The third-order valence-electron chi connectivity index (χ3n) is 2.99. The topological polar surface area (TPSA) is 93.4 Å². The second-order valence-corrected chi connectivity index (χ2v) is 4.30. The molecule has 0 atom stereocenters. The minimum absolute atomic E-state index is 0.265. The Hall–Kier alpha value is -2.50. The van der Waals surface area contributed by atoms with Gasteiger partial charge in [0.15, 0.2) is 0 Å².